The van der Waals surface area contributed by atoms with Crippen LogP contribution in [0.1, 0.15) is 6.92 Å². The molecule has 0 saturated carbocycles. The first-order chi connectivity index (χ1) is 13.4. The summed E-state index contributed by atoms with van der Waals surface area (Å²) in [7, 11) is 0. The molecule has 0 aliphatic carbocycles. The van der Waals surface area contributed by atoms with E-state index < -0.39 is 6.10 Å². The molecule has 0 aliphatic rings. The molecule has 0 radical (unpaired) electrons. The number of nitrogens with one attached hydrogen (secondary N) is 1. The standard InChI is InChI=1S/C19H14Cl3N3O3/c1-11(18(26)25-17-15(21)3-2-8-23-17)27-13-4-6-14(7-5-13)28-19-16(22)9-12(20)10-24-19/h2-11H,1H3,(H,23,25,26)/t11-/m1/s1. The zero-order chi connectivity index (χ0) is 20.1. The summed E-state index contributed by atoms with van der Waals surface area (Å²) in [5.41, 5.74) is 0. The van der Waals surface area contributed by atoms with Crippen molar-refractivity contribution < 1.29 is 14.3 Å². The summed E-state index contributed by atoms with van der Waals surface area (Å²) in [5.74, 6) is 1.12. The van der Waals surface area contributed by atoms with E-state index in [1.165, 1.54) is 18.5 Å². The maximum absolute atomic E-state index is 12.2. The molecule has 9 heteroatoms. The van der Waals surface area contributed by atoms with E-state index in [4.69, 9.17) is 44.3 Å². The van der Waals surface area contributed by atoms with Gasteiger partial charge in [0.1, 0.15) is 16.5 Å². The largest absolute Gasteiger partial charge is 0.481 e. The van der Waals surface area contributed by atoms with Gasteiger partial charge in [0.15, 0.2) is 11.9 Å². The smallest absolute Gasteiger partial charge is 0.266 e. The zero-order valence-electron chi connectivity index (χ0n) is 14.5. The molecule has 3 aromatic rings. The number of ether oxygens (including phenoxy) is 2. The molecule has 1 N–H and O–H groups in total. The highest BCUT2D eigenvalue weighted by Crippen LogP contribution is 2.30. The average Bonchev–Trinajstić information content (AvgIpc) is 2.67. The SMILES string of the molecule is C[C@@H](Oc1ccc(Oc2ncc(Cl)cc2Cl)cc1)C(=O)Nc1ncccc1Cl. The van der Waals surface area contributed by atoms with Crippen molar-refractivity contribution in [2.75, 3.05) is 5.32 Å². The predicted molar refractivity (Wildman–Crippen MR) is 109 cm³/mol. The van der Waals surface area contributed by atoms with E-state index >= 15 is 0 Å². The predicted octanol–water partition coefficient (Wildman–Crippen LogP) is 5.64. The van der Waals surface area contributed by atoms with Gasteiger partial charge in [-0.15, -0.1) is 0 Å². The fourth-order valence-electron chi connectivity index (χ4n) is 2.13. The van der Waals surface area contributed by atoms with Crippen molar-refractivity contribution in [2.45, 2.75) is 13.0 Å². The highest BCUT2D eigenvalue weighted by atomic mass is 35.5. The van der Waals surface area contributed by atoms with Gasteiger partial charge < -0.3 is 14.8 Å². The molecule has 0 bridgehead atoms. The molecule has 28 heavy (non-hydrogen) atoms. The molecule has 0 spiro atoms. The van der Waals surface area contributed by atoms with Gasteiger partial charge in [-0.3, -0.25) is 4.79 Å². The molecule has 0 unspecified atom stereocenters. The van der Waals surface area contributed by atoms with Crippen molar-refractivity contribution in [1.29, 1.82) is 0 Å². The molecule has 0 aliphatic heterocycles. The lowest BCUT2D eigenvalue weighted by Crippen LogP contribution is -2.30. The third-order valence-corrected chi connectivity index (χ3v) is 4.28. The van der Waals surface area contributed by atoms with Gasteiger partial charge in [-0.25, -0.2) is 9.97 Å². The van der Waals surface area contributed by atoms with Crippen LogP contribution in [0.5, 0.6) is 17.4 Å². The molecule has 1 amide bonds. The van der Waals surface area contributed by atoms with Gasteiger partial charge in [-0.05, 0) is 49.4 Å². The summed E-state index contributed by atoms with van der Waals surface area (Å²) in [4.78, 5) is 20.3. The lowest BCUT2D eigenvalue weighted by atomic mass is 10.3. The van der Waals surface area contributed by atoms with E-state index in [9.17, 15) is 4.79 Å². The zero-order valence-corrected chi connectivity index (χ0v) is 16.8. The monoisotopic (exact) mass is 437 g/mol. The maximum Gasteiger partial charge on any atom is 0.266 e. The Labute approximate surface area is 176 Å². The molecule has 0 saturated heterocycles. The average molecular weight is 439 g/mol. The lowest BCUT2D eigenvalue weighted by molar-refractivity contribution is -0.122. The summed E-state index contributed by atoms with van der Waals surface area (Å²) in [6.07, 6.45) is 2.21. The van der Waals surface area contributed by atoms with Crippen LogP contribution in [0.25, 0.3) is 0 Å². The molecular weight excluding hydrogens is 425 g/mol. The van der Waals surface area contributed by atoms with E-state index in [0.717, 1.165) is 0 Å². The van der Waals surface area contributed by atoms with Gasteiger partial charge in [0, 0.05) is 12.4 Å². The normalized spacial score (nSPS) is 11.6. The van der Waals surface area contributed by atoms with Gasteiger partial charge in [0.05, 0.1) is 10.0 Å². The van der Waals surface area contributed by atoms with Crippen molar-refractivity contribution in [3.8, 4) is 17.4 Å². The Morgan fingerprint density at radius 1 is 1.04 bits per heavy atom. The fourth-order valence-corrected chi connectivity index (χ4v) is 2.72. The first-order valence-electron chi connectivity index (χ1n) is 8.09. The summed E-state index contributed by atoms with van der Waals surface area (Å²) >= 11 is 17.8. The van der Waals surface area contributed by atoms with Crippen LogP contribution in [-0.2, 0) is 4.79 Å². The maximum atomic E-state index is 12.2. The van der Waals surface area contributed by atoms with Gasteiger partial charge >= 0.3 is 0 Å². The van der Waals surface area contributed by atoms with Gasteiger partial charge in [-0.2, -0.15) is 0 Å². The van der Waals surface area contributed by atoms with E-state index in [1.807, 2.05) is 0 Å². The van der Waals surface area contributed by atoms with Crippen LogP contribution in [0.2, 0.25) is 15.1 Å². The number of rotatable bonds is 6. The van der Waals surface area contributed by atoms with E-state index in [1.54, 1.807) is 43.3 Å². The topological polar surface area (TPSA) is 73.3 Å². The van der Waals surface area contributed by atoms with E-state index in [0.29, 0.717) is 26.6 Å². The molecular formula is C19H14Cl3N3O3. The molecule has 1 aromatic carbocycles. The first-order valence-corrected chi connectivity index (χ1v) is 9.23. The van der Waals surface area contributed by atoms with Gasteiger partial charge in [0.25, 0.3) is 5.91 Å². The minimum atomic E-state index is -0.766. The number of benzene rings is 1. The molecule has 144 valence electrons. The Hall–Kier alpha value is -2.54. The quantitative estimate of drug-likeness (QED) is 0.539. The molecule has 0 fully saturated rings. The van der Waals surface area contributed by atoms with Crippen molar-refractivity contribution in [1.82, 2.24) is 9.97 Å². The van der Waals surface area contributed by atoms with Crippen molar-refractivity contribution in [3.63, 3.8) is 0 Å². The van der Waals surface area contributed by atoms with Gasteiger partial charge in [0.2, 0.25) is 5.88 Å². The number of halogens is 3. The molecule has 3 rings (SSSR count). The van der Waals surface area contributed by atoms with Crippen LogP contribution >= 0.6 is 34.8 Å². The van der Waals surface area contributed by atoms with E-state index in [2.05, 4.69) is 15.3 Å². The van der Waals surface area contributed by atoms with Crippen LogP contribution in [0.3, 0.4) is 0 Å². The number of pyridine rings is 2. The highest BCUT2D eigenvalue weighted by molar-refractivity contribution is 6.35. The summed E-state index contributed by atoms with van der Waals surface area (Å²) < 4.78 is 11.2. The second kappa shape index (κ2) is 9.10. The summed E-state index contributed by atoms with van der Waals surface area (Å²) in [6.45, 7) is 1.62. The van der Waals surface area contributed by atoms with Crippen LogP contribution in [0.4, 0.5) is 5.82 Å². The highest BCUT2D eigenvalue weighted by Gasteiger charge is 2.17. The number of hydrogen-bond donors (Lipinski definition) is 1. The fraction of sp³-hybridized carbons (Fsp3) is 0.105. The van der Waals surface area contributed by atoms with Crippen LogP contribution in [0, 0.1) is 0 Å². The minimum absolute atomic E-state index is 0.236. The number of hydrogen-bond acceptors (Lipinski definition) is 5. The number of carbonyl (C=O) groups is 1. The Balaban J connectivity index is 1.60. The van der Waals surface area contributed by atoms with Gasteiger partial charge in [-0.1, -0.05) is 34.8 Å². The summed E-state index contributed by atoms with van der Waals surface area (Å²) in [5, 5.41) is 3.68. The molecule has 2 aromatic heterocycles. The molecule has 6 nitrogen and oxygen atoms in total. The van der Waals surface area contributed by atoms with Crippen LogP contribution in [0.15, 0.2) is 54.9 Å². The summed E-state index contributed by atoms with van der Waals surface area (Å²) in [6, 6.07) is 11.5. The van der Waals surface area contributed by atoms with Crippen molar-refractivity contribution in [2.24, 2.45) is 0 Å². The Morgan fingerprint density at radius 2 is 1.75 bits per heavy atom. The Kier molecular flexibility index (Phi) is 6.57. The van der Waals surface area contributed by atoms with E-state index in [-0.39, 0.29) is 17.6 Å². The Bertz CT molecular complexity index is 984. The Morgan fingerprint density at radius 3 is 2.43 bits per heavy atom. The number of carbonyl (C=O) groups excluding carboxylic acids is 1. The number of nitrogens with zero attached hydrogens (tertiary/aromatic N) is 2. The third-order valence-electron chi connectivity index (χ3n) is 3.49. The van der Waals surface area contributed by atoms with Crippen molar-refractivity contribution >= 4 is 46.5 Å². The molecule has 1 atom stereocenters. The number of anilines is 1. The third kappa shape index (κ3) is 5.25. The second-order valence-electron chi connectivity index (χ2n) is 5.60. The van der Waals surface area contributed by atoms with Crippen molar-refractivity contribution in [3.05, 3.63) is 69.9 Å². The number of aromatic nitrogens is 2. The van der Waals surface area contributed by atoms with Crippen LogP contribution < -0.4 is 14.8 Å². The first kappa shape index (κ1) is 20.2. The number of amides is 1. The second-order valence-corrected chi connectivity index (χ2v) is 6.85. The molecule has 2 heterocycles. The minimum Gasteiger partial charge on any atom is -0.481 e. The van der Waals surface area contributed by atoms with Crippen LogP contribution in [-0.4, -0.2) is 22.0 Å². The lowest BCUT2D eigenvalue weighted by Gasteiger charge is -2.15.